The molecule has 0 fully saturated rings. The predicted octanol–water partition coefficient (Wildman–Crippen LogP) is 1.95. The number of aldehydes is 1. The first kappa shape index (κ1) is 11.3. The molecule has 0 unspecified atom stereocenters. The van der Waals surface area contributed by atoms with Crippen LogP contribution in [0.4, 0.5) is 8.78 Å². The van der Waals surface area contributed by atoms with Crippen LogP contribution in [0.15, 0.2) is 12.1 Å². The molecule has 1 aromatic carbocycles. The van der Waals surface area contributed by atoms with Crippen LogP contribution in [-0.4, -0.2) is 18.9 Å². The van der Waals surface area contributed by atoms with E-state index in [4.69, 9.17) is 0 Å². The standard InChI is InChI=1S/C10H8F2O3/c1-2-15-10(14)7-3-6(5-13)4-8(11)9(7)12/h3-5H,2H2,1H3. The van der Waals surface area contributed by atoms with Gasteiger partial charge in [0.15, 0.2) is 11.6 Å². The van der Waals surface area contributed by atoms with Gasteiger partial charge in [-0.05, 0) is 19.1 Å². The van der Waals surface area contributed by atoms with Crippen LogP contribution in [-0.2, 0) is 4.74 Å². The first-order chi connectivity index (χ1) is 7.10. The van der Waals surface area contributed by atoms with E-state index in [1.165, 1.54) is 6.92 Å². The number of ether oxygens (including phenoxy) is 1. The minimum Gasteiger partial charge on any atom is -0.462 e. The van der Waals surface area contributed by atoms with Gasteiger partial charge in [-0.3, -0.25) is 4.79 Å². The van der Waals surface area contributed by atoms with Crippen LogP contribution in [0.1, 0.15) is 27.6 Å². The Morgan fingerprint density at radius 1 is 1.47 bits per heavy atom. The molecule has 0 aromatic heterocycles. The lowest BCUT2D eigenvalue weighted by Crippen LogP contribution is -2.09. The SMILES string of the molecule is CCOC(=O)c1cc(C=O)cc(F)c1F. The van der Waals surface area contributed by atoms with Crippen molar-refractivity contribution in [3.05, 3.63) is 34.9 Å². The van der Waals surface area contributed by atoms with Crippen molar-refractivity contribution < 1.29 is 23.1 Å². The molecule has 0 aliphatic heterocycles. The fourth-order valence-corrected chi connectivity index (χ4v) is 1.04. The van der Waals surface area contributed by atoms with Gasteiger partial charge in [0.05, 0.1) is 12.2 Å². The lowest BCUT2D eigenvalue weighted by Gasteiger charge is -2.04. The first-order valence-corrected chi connectivity index (χ1v) is 4.21. The second-order valence-electron chi connectivity index (χ2n) is 2.70. The summed E-state index contributed by atoms with van der Waals surface area (Å²) in [5.41, 5.74) is -0.684. The number of rotatable bonds is 3. The summed E-state index contributed by atoms with van der Waals surface area (Å²) < 4.78 is 30.5. The Kier molecular flexibility index (Phi) is 3.49. The highest BCUT2D eigenvalue weighted by Gasteiger charge is 2.17. The topological polar surface area (TPSA) is 43.4 Å². The number of carbonyl (C=O) groups is 2. The van der Waals surface area contributed by atoms with Gasteiger partial charge in [0.1, 0.15) is 6.29 Å². The minimum atomic E-state index is -1.31. The maximum absolute atomic E-state index is 13.1. The smallest absolute Gasteiger partial charge is 0.341 e. The van der Waals surface area contributed by atoms with Crippen LogP contribution in [0.5, 0.6) is 0 Å². The quantitative estimate of drug-likeness (QED) is 0.570. The van der Waals surface area contributed by atoms with Crippen molar-refractivity contribution in [3.8, 4) is 0 Å². The number of benzene rings is 1. The first-order valence-electron chi connectivity index (χ1n) is 4.21. The summed E-state index contributed by atoms with van der Waals surface area (Å²) in [6.07, 6.45) is 0.325. The summed E-state index contributed by atoms with van der Waals surface area (Å²) in [7, 11) is 0. The highest BCUT2D eigenvalue weighted by Crippen LogP contribution is 2.15. The third kappa shape index (κ3) is 2.37. The number of halogens is 2. The van der Waals surface area contributed by atoms with Gasteiger partial charge in [-0.1, -0.05) is 0 Å². The van der Waals surface area contributed by atoms with Crippen LogP contribution in [0, 0.1) is 11.6 Å². The highest BCUT2D eigenvalue weighted by atomic mass is 19.2. The van der Waals surface area contributed by atoms with Crippen LogP contribution in [0.25, 0.3) is 0 Å². The zero-order valence-corrected chi connectivity index (χ0v) is 7.92. The second kappa shape index (κ2) is 4.63. The van der Waals surface area contributed by atoms with Crippen molar-refractivity contribution in [3.63, 3.8) is 0 Å². The lowest BCUT2D eigenvalue weighted by molar-refractivity contribution is 0.0520. The average molecular weight is 214 g/mol. The molecule has 0 aliphatic rings. The van der Waals surface area contributed by atoms with Gasteiger partial charge in [0.2, 0.25) is 0 Å². The number of carbonyl (C=O) groups excluding carboxylic acids is 2. The number of hydrogen-bond acceptors (Lipinski definition) is 3. The summed E-state index contributed by atoms with van der Waals surface area (Å²) in [4.78, 5) is 21.5. The van der Waals surface area contributed by atoms with Crippen molar-refractivity contribution in [2.24, 2.45) is 0 Å². The Balaban J connectivity index is 3.21. The van der Waals surface area contributed by atoms with Crippen molar-refractivity contribution in [2.75, 3.05) is 6.61 Å². The van der Waals surface area contributed by atoms with E-state index in [0.717, 1.165) is 6.07 Å². The van der Waals surface area contributed by atoms with Crippen LogP contribution >= 0.6 is 0 Å². The van der Waals surface area contributed by atoms with E-state index in [9.17, 15) is 18.4 Å². The Morgan fingerprint density at radius 3 is 2.67 bits per heavy atom. The molecule has 1 rings (SSSR count). The van der Waals surface area contributed by atoms with Crippen molar-refractivity contribution >= 4 is 12.3 Å². The van der Waals surface area contributed by atoms with Crippen LogP contribution in [0.3, 0.4) is 0 Å². The molecule has 0 saturated heterocycles. The molecule has 5 heteroatoms. The molecule has 0 atom stereocenters. The van der Waals surface area contributed by atoms with Gasteiger partial charge in [-0.2, -0.15) is 0 Å². The molecule has 1 aromatic rings. The van der Waals surface area contributed by atoms with Crippen molar-refractivity contribution in [1.82, 2.24) is 0 Å². The molecule has 80 valence electrons. The normalized spacial score (nSPS) is 9.80. The molecular formula is C10H8F2O3. The van der Waals surface area contributed by atoms with E-state index in [-0.39, 0.29) is 12.2 Å². The third-order valence-corrected chi connectivity index (χ3v) is 1.68. The molecule has 0 heterocycles. The molecule has 0 radical (unpaired) electrons. The van der Waals surface area contributed by atoms with E-state index >= 15 is 0 Å². The predicted molar refractivity (Wildman–Crippen MR) is 47.7 cm³/mol. The largest absolute Gasteiger partial charge is 0.462 e. The molecule has 0 spiro atoms. The summed E-state index contributed by atoms with van der Waals surface area (Å²) in [6, 6.07) is 1.66. The molecule has 0 bridgehead atoms. The summed E-state index contributed by atoms with van der Waals surface area (Å²) in [5, 5.41) is 0. The average Bonchev–Trinajstić information content (AvgIpc) is 2.22. The number of esters is 1. The summed E-state index contributed by atoms with van der Waals surface area (Å²) >= 11 is 0. The van der Waals surface area contributed by atoms with Crippen LogP contribution in [0.2, 0.25) is 0 Å². The molecule has 0 saturated carbocycles. The molecule has 3 nitrogen and oxygen atoms in total. The van der Waals surface area contributed by atoms with Gasteiger partial charge in [-0.25, -0.2) is 13.6 Å². The lowest BCUT2D eigenvalue weighted by atomic mass is 10.1. The van der Waals surface area contributed by atoms with Gasteiger partial charge < -0.3 is 4.74 Å². The van der Waals surface area contributed by atoms with E-state index < -0.39 is 23.2 Å². The highest BCUT2D eigenvalue weighted by molar-refractivity contribution is 5.92. The monoisotopic (exact) mass is 214 g/mol. The van der Waals surface area contributed by atoms with Gasteiger partial charge in [0.25, 0.3) is 0 Å². The zero-order valence-electron chi connectivity index (χ0n) is 7.92. The fourth-order valence-electron chi connectivity index (χ4n) is 1.04. The van der Waals surface area contributed by atoms with E-state index in [1.807, 2.05) is 0 Å². The molecule has 0 N–H and O–H groups in total. The van der Waals surface area contributed by atoms with Gasteiger partial charge >= 0.3 is 5.97 Å². The number of hydrogen-bond donors (Lipinski definition) is 0. The zero-order chi connectivity index (χ0) is 11.4. The minimum absolute atomic E-state index is 0.0468. The van der Waals surface area contributed by atoms with Crippen molar-refractivity contribution in [1.29, 1.82) is 0 Å². The molecule has 0 amide bonds. The fraction of sp³-hybridized carbons (Fsp3) is 0.200. The van der Waals surface area contributed by atoms with E-state index in [0.29, 0.717) is 12.4 Å². The van der Waals surface area contributed by atoms with Crippen LogP contribution < -0.4 is 0 Å². The maximum Gasteiger partial charge on any atom is 0.341 e. The van der Waals surface area contributed by atoms with E-state index in [1.54, 1.807) is 0 Å². The molecular weight excluding hydrogens is 206 g/mol. The molecule has 0 aliphatic carbocycles. The van der Waals surface area contributed by atoms with Crippen molar-refractivity contribution in [2.45, 2.75) is 6.92 Å². The Bertz CT molecular complexity index is 402. The maximum atomic E-state index is 13.1. The summed E-state index contributed by atoms with van der Waals surface area (Å²) in [5.74, 6) is -3.54. The van der Waals surface area contributed by atoms with Gasteiger partial charge in [0, 0.05) is 5.56 Å². The van der Waals surface area contributed by atoms with Gasteiger partial charge in [-0.15, -0.1) is 0 Å². The van der Waals surface area contributed by atoms with E-state index in [2.05, 4.69) is 4.74 Å². The summed E-state index contributed by atoms with van der Waals surface area (Å²) in [6.45, 7) is 1.58. The molecule has 15 heavy (non-hydrogen) atoms. The Morgan fingerprint density at radius 2 is 2.13 bits per heavy atom. The third-order valence-electron chi connectivity index (χ3n) is 1.68. The Hall–Kier alpha value is -1.78. The second-order valence-corrected chi connectivity index (χ2v) is 2.70. The Labute approximate surface area is 84.7 Å².